The Kier molecular flexibility index (Phi) is 3.83. The molecule has 0 radical (unpaired) electrons. The number of carbonyl (C=O) groups is 1. The van der Waals surface area contributed by atoms with Gasteiger partial charge in [-0.05, 0) is 49.9 Å². The van der Waals surface area contributed by atoms with E-state index in [-0.39, 0.29) is 5.91 Å². The average molecular weight is 276 g/mol. The number of furan rings is 1. The quantitative estimate of drug-likeness (QED) is 0.898. The van der Waals surface area contributed by atoms with Gasteiger partial charge in [-0.15, -0.1) is 0 Å². The van der Waals surface area contributed by atoms with E-state index in [1.165, 1.54) is 6.42 Å². The smallest absolute Gasteiger partial charge is 0.223 e. The Labute approximate surface area is 120 Å². The molecule has 2 aliphatic rings. The van der Waals surface area contributed by atoms with Crippen LogP contribution in [0.2, 0.25) is 0 Å². The van der Waals surface area contributed by atoms with Gasteiger partial charge in [0.25, 0.3) is 0 Å². The molecule has 1 aliphatic carbocycles. The molecule has 4 heteroatoms. The van der Waals surface area contributed by atoms with Crippen LogP contribution in [0.4, 0.5) is 0 Å². The Morgan fingerprint density at radius 1 is 1.50 bits per heavy atom. The van der Waals surface area contributed by atoms with Gasteiger partial charge in [-0.1, -0.05) is 6.92 Å². The van der Waals surface area contributed by atoms with E-state index in [9.17, 15) is 4.79 Å². The molecular weight excluding hydrogens is 252 g/mol. The van der Waals surface area contributed by atoms with E-state index in [2.05, 4.69) is 18.3 Å². The van der Waals surface area contributed by atoms with Crippen LogP contribution in [0.5, 0.6) is 0 Å². The van der Waals surface area contributed by atoms with Crippen molar-refractivity contribution >= 4 is 5.91 Å². The van der Waals surface area contributed by atoms with E-state index < -0.39 is 0 Å². The lowest BCUT2D eigenvalue weighted by Gasteiger charge is -2.17. The van der Waals surface area contributed by atoms with Crippen molar-refractivity contribution in [1.82, 2.24) is 10.2 Å². The lowest BCUT2D eigenvalue weighted by Crippen LogP contribution is -2.28. The van der Waals surface area contributed by atoms with Gasteiger partial charge in [0.15, 0.2) is 0 Å². The molecule has 2 heterocycles. The summed E-state index contributed by atoms with van der Waals surface area (Å²) >= 11 is 0. The Bertz CT molecular complexity index is 477. The molecule has 1 N–H and O–H groups in total. The largest absolute Gasteiger partial charge is 0.464 e. The van der Waals surface area contributed by atoms with Crippen LogP contribution in [-0.4, -0.2) is 30.9 Å². The molecule has 110 valence electrons. The zero-order valence-electron chi connectivity index (χ0n) is 12.4. The fraction of sp³-hybridized carbons (Fsp3) is 0.688. The summed E-state index contributed by atoms with van der Waals surface area (Å²) < 4.78 is 5.86. The number of carbonyl (C=O) groups excluding carboxylic acids is 1. The summed E-state index contributed by atoms with van der Waals surface area (Å²) in [7, 11) is 1.87. The van der Waals surface area contributed by atoms with Crippen molar-refractivity contribution in [3.05, 3.63) is 23.7 Å². The highest BCUT2D eigenvalue weighted by molar-refractivity contribution is 5.76. The maximum Gasteiger partial charge on any atom is 0.223 e. The third kappa shape index (κ3) is 3.06. The predicted molar refractivity (Wildman–Crippen MR) is 77.3 cm³/mol. The summed E-state index contributed by atoms with van der Waals surface area (Å²) in [5, 5.41) is 3.30. The summed E-state index contributed by atoms with van der Waals surface area (Å²) in [4.78, 5) is 14.0. The van der Waals surface area contributed by atoms with E-state index in [1.54, 1.807) is 4.90 Å². The second-order valence-electron chi connectivity index (χ2n) is 6.44. The highest BCUT2D eigenvalue weighted by atomic mass is 16.3. The molecule has 3 unspecified atom stereocenters. The molecule has 1 aromatic heterocycles. The molecular formula is C16H24N2O2. The lowest BCUT2D eigenvalue weighted by atomic mass is 10.0. The molecule has 1 saturated heterocycles. The minimum Gasteiger partial charge on any atom is -0.464 e. The van der Waals surface area contributed by atoms with E-state index in [0.29, 0.717) is 24.8 Å². The molecule has 1 aliphatic heterocycles. The monoisotopic (exact) mass is 276 g/mol. The first kappa shape index (κ1) is 13.7. The Balaban J connectivity index is 1.51. The first-order chi connectivity index (χ1) is 9.63. The highest BCUT2D eigenvalue weighted by Crippen LogP contribution is 2.47. The SMILES string of the molecule is CC1CC1c1ccc(CN(C)C(=O)CC2CCNC2)o1. The van der Waals surface area contributed by atoms with Crippen molar-refractivity contribution < 1.29 is 9.21 Å². The lowest BCUT2D eigenvalue weighted by molar-refractivity contribution is -0.131. The van der Waals surface area contributed by atoms with Crippen molar-refractivity contribution in [2.45, 2.75) is 38.6 Å². The Hall–Kier alpha value is -1.29. The fourth-order valence-corrected chi connectivity index (χ4v) is 3.01. The summed E-state index contributed by atoms with van der Waals surface area (Å²) in [6.45, 7) is 4.85. The average Bonchev–Trinajstić information content (AvgIpc) is 2.87. The van der Waals surface area contributed by atoms with Crippen LogP contribution in [0, 0.1) is 11.8 Å². The summed E-state index contributed by atoms with van der Waals surface area (Å²) in [6.07, 6.45) is 3.00. The molecule has 3 atom stereocenters. The van der Waals surface area contributed by atoms with Gasteiger partial charge in [-0.25, -0.2) is 0 Å². The van der Waals surface area contributed by atoms with Gasteiger partial charge in [0.1, 0.15) is 11.5 Å². The zero-order valence-corrected chi connectivity index (χ0v) is 12.4. The summed E-state index contributed by atoms with van der Waals surface area (Å²) in [6, 6.07) is 4.09. The van der Waals surface area contributed by atoms with Gasteiger partial charge < -0.3 is 14.6 Å². The molecule has 3 rings (SSSR count). The number of nitrogens with one attached hydrogen (secondary N) is 1. The highest BCUT2D eigenvalue weighted by Gasteiger charge is 2.36. The molecule has 0 bridgehead atoms. The molecule has 0 aromatic carbocycles. The van der Waals surface area contributed by atoms with Gasteiger partial charge in [0, 0.05) is 19.4 Å². The molecule has 1 amide bonds. The van der Waals surface area contributed by atoms with Crippen LogP contribution in [-0.2, 0) is 11.3 Å². The normalized spacial score (nSPS) is 28.6. The van der Waals surface area contributed by atoms with Crippen molar-refractivity contribution in [2.75, 3.05) is 20.1 Å². The molecule has 4 nitrogen and oxygen atoms in total. The van der Waals surface area contributed by atoms with Gasteiger partial charge >= 0.3 is 0 Å². The second-order valence-corrected chi connectivity index (χ2v) is 6.44. The van der Waals surface area contributed by atoms with Crippen molar-refractivity contribution in [3.63, 3.8) is 0 Å². The van der Waals surface area contributed by atoms with Crippen LogP contribution < -0.4 is 5.32 Å². The van der Waals surface area contributed by atoms with Gasteiger partial charge in [-0.2, -0.15) is 0 Å². The van der Waals surface area contributed by atoms with Gasteiger partial charge in [0.2, 0.25) is 5.91 Å². The molecule has 2 fully saturated rings. The molecule has 1 aromatic rings. The third-order valence-corrected chi connectivity index (χ3v) is 4.60. The summed E-state index contributed by atoms with van der Waals surface area (Å²) in [5.41, 5.74) is 0. The van der Waals surface area contributed by atoms with E-state index >= 15 is 0 Å². The van der Waals surface area contributed by atoms with Crippen LogP contribution in [0.3, 0.4) is 0 Å². The number of rotatable bonds is 5. The predicted octanol–water partition coefficient (Wildman–Crippen LogP) is 2.36. The topological polar surface area (TPSA) is 45.5 Å². The van der Waals surface area contributed by atoms with Gasteiger partial charge in [0.05, 0.1) is 6.54 Å². The minimum absolute atomic E-state index is 0.219. The number of hydrogen-bond donors (Lipinski definition) is 1. The van der Waals surface area contributed by atoms with Crippen LogP contribution >= 0.6 is 0 Å². The van der Waals surface area contributed by atoms with E-state index in [0.717, 1.165) is 36.9 Å². The number of nitrogens with zero attached hydrogens (tertiary/aromatic N) is 1. The number of amides is 1. The van der Waals surface area contributed by atoms with Crippen LogP contribution in [0.15, 0.2) is 16.5 Å². The third-order valence-electron chi connectivity index (χ3n) is 4.60. The molecule has 0 spiro atoms. The van der Waals surface area contributed by atoms with Crippen molar-refractivity contribution in [3.8, 4) is 0 Å². The molecule has 20 heavy (non-hydrogen) atoms. The maximum atomic E-state index is 12.2. The first-order valence-corrected chi connectivity index (χ1v) is 7.66. The Morgan fingerprint density at radius 2 is 2.30 bits per heavy atom. The van der Waals surface area contributed by atoms with Crippen LogP contribution in [0.25, 0.3) is 0 Å². The minimum atomic E-state index is 0.219. The molecule has 1 saturated carbocycles. The van der Waals surface area contributed by atoms with E-state index in [4.69, 9.17) is 4.42 Å². The van der Waals surface area contributed by atoms with Crippen molar-refractivity contribution in [1.29, 1.82) is 0 Å². The summed E-state index contributed by atoms with van der Waals surface area (Å²) in [5.74, 6) is 4.08. The zero-order chi connectivity index (χ0) is 14.1. The van der Waals surface area contributed by atoms with E-state index in [1.807, 2.05) is 13.1 Å². The van der Waals surface area contributed by atoms with Crippen LogP contribution in [0.1, 0.15) is 43.6 Å². The second kappa shape index (κ2) is 5.60. The maximum absolute atomic E-state index is 12.2. The standard InChI is InChI=1S/C16H24N2O2/c1-11-7-14(11)15-4-3-13(20-15)10-18(2)16(19)8-12-5-6-17-9-12/h3-4,11-12,14,17H,5-10H2,1-2H3. The Morgan fingerprint density at radius 3 is 2.95 bits per heavy atom. The number of hydrogen-bond acceptors (Lipinski definition) is 3. The van der Waals surface area contributed by atoms with Gasteiger partial charge in [-0.3, -0.25) is 4.79 Å². The fourth-order valence-electron chi connectivity index (χ4n) is 3.01. The van der Waals surface area contributed by atoms with Crippen molar-refractivity contribution in [2.24, 2.45) is 11.8 Å². The first-order valence-electron chi connectivity index (χ1n) is 7.66.